The highest BCUT2D eigenvalue weighted by atomic mass is 35.5. The molecule has 32 heavy (non-hydrogen) atoms. The van der Waals surface area contributed by atoms with E-state index < -0.39 is 0 Å². The Morgan fingerprint density at radius 3 is 2.09 bits per heavy atom. The summed E-state index contributed by atoms with van der Waals surface area (Å²) in [6.07, 6.45) is 19.6. The smallest absolute Gasteiger partial charge is 0.126 e. The Kier molecular flexibility index (Phi) is 8.91. The second kappa shape index (κ2) is 11.5. The van der Waals surface area contributed by atoms with Crippen molar-refractivity contribution in [2.75, 3.05) is 0 Å². The highest BCUT2D eigenvalue weighted by molar-refractivity contribution is 7.63. The molecule has 4 heteroatoms. The van der Waals surface area contributed by atoms with Gasteiger partial charge in [0.1, 0.15) is 5.75 Å². The second-order valence-corrected chi connectivity index (χ2v) is 14.9. The summed E-state index contributed by atoms with van der Waals surface area (Å²) < 4.78 is 5.90. The Bertz CT molecular complexity index is 748. The Labute approximate surface area is 207 Å². The molecule has 0 bridgehead atoms. The van der Waals surface area contributed by atoms with E-state index in [4.69, 9.17) is 27.9 Å². The van der Waals surface area contributed by atoms with Gasteiger partial charge in [-0.2, -0.15) is 0 Å². The largest absolute Gasteiger partial charge is 0.490 e. The molecule has 178 valence electrons. The molecule has 0 aliphatic heterocycles. The second-order valence-electron chi connectivity index (χ2n) is 10.4. The summed E-state index contributed by atoms with van der Waals surface area (Å²) in [7, 11) is -0.314. The van der Waals surface area contributed by atoms with Gasteiger partial charge < -0.3 is 4.74 Å². The van der Waals surface area contributed by atoms with Gasteiger partial charge in [-0.25, -0.2) is 0 Å². The zero-order valence-electron chi connectivity index (χ0n) is 20.0. The van der Waals surface area contributed by atoms with Crippen molar-refractivity contribution < 1.29 is 4.74 Å². The van der Waals surface area contributed by atoms with E-state index in [9.17, 15) is 0 Å². The lowest BCUT2D eigenvalue weighted by Gasteiger charge is -2.51. The lowest BCUT2D eigenvalue weighted by molar-refractivity contribution is 0.242. The van der Waals surface area contributed by atoms with Crippen LogP contribution < -0.4 is 4.74 Å². The topological polar surface area (TPSA) is 9.23 Å². The van der Waals surface area contributed by atoms with Gasteiger partial charge in [0.05, 0.1) is 16.1 Å². The third kappa shape index (κ3) is 5.70. The Morgan fingerprint density at radius 2 is 1.50 bits per heavy atom. The Hall–Kier alpha value is -0.230. The summed E-state index contributed by atoms with van der Waals surface area (Å²) in [5, 5.41) is 0.0329. The van der Waals surface area contributed by atoms with Crippen LogP contribution in [0.3, 0.4) is 0 Å². The third-order valence-corrected chi connectivity index (χ3v) is 13.0. The monoisotopic (exact) mass is 494 g/mol. The van der Waals surface area contributed by atoms with E-state index in [-0.39, 0.29) is 24.0 Å². The van der Waals surface area contributed by atoms with Crippen molar-refractivity contribution in [2.24, 2.45) is 0 Å². The van der Waals surface area contributed by atoms with Crippen molar-refractivity contribution in [2.45, 2.75) is 125 Å². The third-order valence-electron chi connectivity index (χ3n) is 7.68. The number of ether oxygens (including phenoxy) is 1. The van der Waals surface area contributed by atoms with E-state index in [1.165, 1.54) is 69.8 Å². The molecule has 2 atom stereocenters. The van der Waals surface area contributed by atoms with Crippen molar-refractivity contribution >= 4 is 37.2 Å². The molecule has 3 saturated carbocycles. The molecule has 4 rings (SSSR count). The van der Waals surface area contributed by atoms with Gasteiger partial charge in [0.15, 0.2) is 0 Å². The molecule has 0 spiro atoms. The van der Waals surface area contributed by atoms with Crippen LogP contribution in [0.1, 0.15) is 103 Å². The van der Waals surface area contributed by atoms with Crippen LogP contribution in [0.25, 0.3) is 6.08 Å². The minimum atomic E-state index is -0.314. The van der Waals surface area contributed by atoms with Crippen molar-refractivity contribution in [1.29, 1.82) is 0 Å². The first-order valence-corrected chi connectivity index (χ1v) is 15.4. The fourth-order valence-electron chi connectivity index (χ4n) is 6.26. The summed E-state index contributed by atoms with van der Waals surface area (Å²) >= 11 is 15.0. The molecule has 3 aliphatic carbocycles. The quantitative estimate of drug-likeness (QED) is 0.282. The molecule has 1 aromatic carbocycles. The van der Waals surface area contributed by atoms with Crippen LogP contribution >= 0.6 is 31.1 Å². The first kappa shape index (κ1) is 24.9. The molecule has 2 unspecified atom stereocenters. The Balaban J connectivity index is 1.75. The van der Waals surface area contributed by atoms with Crippen molar-refractivity contribution in [3.63, 3.8) is 0 Å². The van der Waals surface area contributed by atoms with Gasteiger partial charge in [0.25, 0.3) is 0 Å². The average Bonchev–Trinajstić information content (AvgIpc) is 2.79. The van der Waals surface area contributed by atoms with Crippen molar-refractivity contribution in [3.05, 3.63) is 35.4 Å². The van der Waals surface area contributed by atoms with Crippen LogP contribution in [-0.2, 0) is 0 Å². The first-order valence-electron chi connectivity index (χ1n) is 13.1. The lowest BCUT2D eigenvalue weighted by Crippen LogP contribution is -2.39. The van der Waals surface area contributed by atoms with Crippen LogP contribution in [0.2, 0.25) is 0 Å². The Morgan fingerprint density at radius 1 is 0.906 bits per heavy atom. The van der Waals surface area contributed by atoms with Crippen LogP contribution in [0, 0.1) is 0 Å². The maximum Gasteiger partial charge on any atom is 0.126 e. The molecule has 1 nitrogen and oxygen atoms in total. The van der Waals surface area contributed by atoms with Crippen LogP contribution in [0.15, 0.2) is 29.8 Å². The van der Waals surface area contributed by atoms with E-state index in [0.29, 0.717) is 0 Å². The lowest BCUT2D eigenvalue weighted by atomic mass is 9.91. The molecular formula is C28H41Cl2OP. The van der Waals surface area contributed by atoms with Crippen LogP contribution in [-0.4, -0.2) is 27.4 Å². The summed E-state index contributed by atoms with van der Waals surface area (Å²) in [4.78, 5) is 0. The number of alkyl halides is 2. The van der Waals surface area contributed by atoms with Gasteiger partial charge >= 0.3 is 0 Å². The van der Waals surface area contributed by atoms with Crippen molar-refractivity contribution in [3.8, 4) is 5.75 Å². The van der Waals surface area contributed by atoms with Crippen molar-refractivity contribution in [1.82, 2.24) is 0 Å². The summed E-state index contributed by atoms with van der Waals surface area (Å²) in [5.74, 6) is 0.947. The zero-order valence-corrected chi connectivity index (χ0v) is 22.4. The molecule has 0 heterocycles. The number of rotatable bonds is 6. The predicted molar refractivity (Wildman–Crippen MR) is 143 cm³/mol. The van der Waals surface area contributed by atoms with Crippen LogP contribution in [0.5, 0.6) is 5.75 Å². The summed E-state index contributed by atoms with van der Waals surface area (Å²) in [6.45, 7) is 4.18. The molecular weight excluding hydrogens is 454 g/mol. The summed E-state index contributed by atoms with van der Waals surface area (Å²) in [5.41, 5.74) is 4.06. The number of hydrogen-bond donors (Lipinski definition) is 0. The molecule has 3 fully saturated rings. The molecule has 0 aromatic heterocycles. The van der Waals surface area contributed by atoms with Gasteiger partial charge in [0.2, 0.25) is 0 Å². The first-order chi connectivity index (χ1) is 15.5. The highest BCUT2D eigenvalue weighted by Crippen LogP contribution is 2.71. The maximum absolute atomic E-state index is 7.91. The van der Waals surface area contributed by atoms with Gasteiger partial charge in [-0.05, 0) is 87.8 Å². The molecule has 1 aromatic rings. The minimum Gasteiger partial charge on any atom is -0.490 e. The molecule has 0 N–H and O–H groups in total. The number of benzene rings is 1. The van der Waals surface area contributed by atoms with Crippen LogP contribution in [0.4, 0.5) is 0 Å². The molecule has 3 aliphatic rings. The van der Waals surface area contributed by atoms with E-state index in [1.54, 1.807) is 0 Å². The molecule has 0 saturated heterocycles. The minimum absolute atomic E-state index is 0.0329. The maximum atomic E-state index is 7.91. The van der Waals surface area contributed by atoms with Gasteiger partial charge in [-0.3, -0.25) is 0 Å². The normalized spacial score (nSPS) is 29.7. The number of para-hydroxylation sites is 1. The summed E-state index contributed by atoms with van der Waals surface area (Å²) in [6, 6.07) is 8.42. The van der Waals surface area contributed by atoms with E-state index in [0.717, 1.165) is 41.9 Å². The predicted octanol–water partition coefficient (Wildman–Crippen LogP) is 9.73. The zero-order chi connectivity index (χ0) is 22.6. The highest BCUT2D eigenvalue weighted by Gasteiger charge is 2.50. The number of halogens is 2. The SMILES string of the molecule is CC(C)Oc1ccccc1C=C1C(Cl)CCCC1(Cl)P(C1CCCCC1)C1CCCCC1. The number of hydrogen-bond acceptors (Lipinski definition) is 1. The fourth-order valence-corrected chi connectivity index (χ4v) is 12.5. The van der Waals surface area contributed by atoms with Gasteiger partial charge in [-0.1, -0.05) is 64.6 Å². The standard InChI is InChI=1S/C28H41Cl2OP/c1-21(2)31-27-18-10-9-12-22(27)20-25-26(29)17-11-19-28(25,30)32(23-13-5-3-6-14-23)24-15-7-4-8-16-24/h9-10,12,18,20-21,23-24,26H,3-8,11,13-17,19H2,1-2H3. The van der Waals surface area contributed by atoms with Gasteiger partial charge in [-0.15, -0.1) is 23.2 Å². The van der Waals surface area contributed by atoms with Gasteiger partial charge in [0, 0.05) is 5.56 Å². The van der Waals surface area contributed by atoms with E-state index in [1.807, 2.05) is 0 Å². The van der Waals surface area contributed by atoms with E-state index in [2.05, 4.69) is 44.2 Å². The fraction of sp³-hybridized carbons (Fsp3) is 0.714. The number of allylic oxidation sites excluding steroid dienone is 1. The van der Waals surface area contributed by atoms with E-state index >= 15 is 0 Å². The average molecular weight is 496 g/mol. The molecule has 0 radical (unpaired) electrons. The molecule has 0 amide bonds.